The average molecular weight is 722 g/mol. The summed E-state index contributed by atoms with van der Waals surface area (Å²) in [5.74, 6) is 0. The third-order valence-electron chi connectivity index (χ3n) is 12.3. The van der Waals surface area contributed by atoms with Crippen molar-refractivity contribution in [1.82, 2.24) is 0 Å². The van der Waals surface area contributed by atoms with Crippen molar-refractivity contribution in [1.29, 1.82) is 0 Å². The van der Waals surface area contributed by atoms with E-state index in [2.05, 4.69) is 221 Å². The Labute approximate surface area is 326 Å². The van der Waals surface area contributed by atoms with Crippen LogP contribution in [-0.2, 0) is 5.41 Å². The molecule has 0 atom stereocenters. The van der Waals surface area contributed by atoms with E-state index in [1.54, 1.807) is 0 Å². The third-order valence-corrected chi connectivity index (χ3v) is 17.1. The van der Waals surface area contributed by atoms with Gasteiger partial charge in [0, 0.05) is 22.5 Å². The lowest BCUT2D eigenvalue weighted by Gasteiger charge is -2.34. The topological polar surface area (TPSA) is 3.24 Å². The van der Waals surface area contributed by atoms with Crippen LogP contribution in [0.2, 0.25) is 0 Å². The maximum atomic E-state index is 2.53. The van der Waals surface area contributed by atoms with Crippen molar-refractivity contribution in [3.05, 3.63) is 210 Å². The molecule has 1 nitrogen and oxygen atoms in total. The molecule has 8 aromatic rings. The largest absolute Gasteiger partial charge is 0.310 e. The molecule has 0 saturated carbocycles. The van der Waals surface area contributed by atoms with Gasteiger partial charge in [-0.2, -0.15) is 0 Å². The predicted molar refractivity (Wildman–Crippen MR) is 236 cm³/mol. The van der Waals surface area contributed by atoms with Gasteiger partial charge < -0.3 is 4.90 Å². The van der Waals surface area contributed by atoms with Gasteiger partial charge in [0.1, 0.15) is 0 Å². The molecule has 0 fully saturated rings. The summed E-state index contributed by atoms with van der Waals surface area (Å²) >= 11 is 0. The number of rotatable bonds is 6. The molecule has 0 N–H and O–H groups in total. The molecular formula is C53H43NSi. The highest BCUT2D eigenvalue weighted by Gasteiger charge is 2.48. The zero-order valence-electron chi connectivity index (χ0n) is 31.8. The third kappa shape index (κ3) is 5.05. The second kappa shape index (κ2) is 12.7. The molecular weight excluding hydrogens is 679 g/mol. The van der Waals surface area contributed by atoms with Crippen LogP contribution >= 0.6 is 0 Å². The van der Waals surface area contributed by atoms with Crippen molar-refractivity contribution in [3.63, 3.8) is 0 Å². The van der Waals surface area contributed by atoms with E-state index < -0.39 is 8.07 Å². The SMILES string of the molecule is Cc1cc(N(c2ccc3c(c2)C(C)(C)c2ccccc2-3)c2ccc(-c3ccccc3)cc2C)cc([Si]2(c3ccccc3)c3ccccc3-c3ccccc32)c1. The fraction of sp³-hybridized carbons (Fsp3) is 0.0943. The van der Waals surface area contributed by atoms with Crippen molar-refractivity contribution in [2.45, 2.75) is 33.1 Å². The highest BCUT2D eigenvalue weighted by Crippen LogP contribution is 2.51. The van der Waals surface area contributed by atoms with E-state index in [-0.39, 0.29) is 5.41 Å². The summed E-state index contributed by atoms with van der Waals surface area (Å²) in [5, 5.41) is 5.75. The number of nitrogens with zero attached hydrogens (tertiary/aromatic N) is 1. The summed E-state index contributed by atoms with van der Waals surface area (Å²) in [6.07, 6.45) is 0. The quantitative estimate of drug-likeness (QED) is 0.155. The normalized spacial score (nSPS) is 14.1. The number of anilines is 3. The molecule has 10 rings (SSSR count). The first-order valence-corrected chi connectivity index (χ1v) is 21.4. The van der Waals surface area contributed by atoms with Crippen molar-refractivity contribution >= 4 is 45.9 Å². The standard InChI is InChI=1S/C53H43NSi/c1-36-31-41(34-43(32-36)55(42-19-9-6-10-20-42)51-25-15-12-22-46(51)47-23-13-16-26-52(47)55)54(50-30-27-39(33-37(50)2)38-17-7-5-8-18-38)40-28-29-45-44-21-11-14-24-48(44)53(3,4)49(45)35-40/h5-35H,1-4H3. The molecule has 264 valence electrons. The molecule has 8 aromatic carbocycles. The summed E-state index contributed by atoms with van der Waals surface area (Å²) in [4.78, 5) is 2.53. The number of hydrogen-bond donors (Lipinski definition) is 0. The van der Waals surface area contributed by atoms with Crippen LogP contribution < -0.4 is 25.6 Å². The molecule has 1 heterocycles. The molecule has 0 saturated heterocycles. The fourth-order valence-electron chi connectivity index (χ4n) is 9.80. The van der Waals surface area contributed by atoms with E-state index >= 15 is 0 Å². The van der Waals surface area contributed by atoms with Crippen LogP contribution in [0.3, 0.4) is 0 Å². The monoisotopic (exact) mass is 721 g/mol. The predicted octanol–water partition coefficient (Wildman–Crippen LogP) is 11.1. The Morgan fingerprint density at radius 3 is 1.71 bits per heavy atom. The Kier molecular flexibility index (Phi) is 7.69. The molecule has 0 aromatic heterocycles. The summed E-state index contributed by atoms with van der Waals surface area (Å²) in [6.45, 7) is 9.29. The first-order chi connectivity index (χ1) is 26.9. The van der Waals surface area contributed by atoms with Crippen LogP contribution in [0.15, 0.2) is 188 Å². The van der Waals surface area contributed by atoms with Gasteiger partial charge in [-0.1, -0.05) is 166 Å². The lowest BCUT2D eigenvalue weighted by atomic mass is 9.82. The van der Waals surface area contributed by atoms with Crippen molar-refractivity contribution in [2.24, 2.45) is 0 Å². The minimum atomic E-state index is -2.71. The average Bonchev–Trinajstić information content (AvgIpc) is 3.65. The summed E-state index contributed by atoms with van der Waals surface area (Å²) in [6, 6.07) is 70.9. The number of fused-ring (bicyclic) bond motifs is 6. The Morgan fingerprint density at radius 2 is 1.02 bits per heavy atom. The van der Waals surface area contributed by atoms with E-state index in [4.69, 9.17) is 0 Å². The molecule has 0 radical (unpaired) electrons. The van der Waals surface area contributed by atoms with Crippen molar-refractivity contribution in [3.8, 4) is 33.4 Å². The van der Waals surface area contributed by atoms with Crippen LogP contribution in [0.5, 0.6) is 0 Å². The van der Waals surface area contributed by atoms with Gasteiger partial charge >= 0.3 is 0 Å². The smallest absolute Gasteiger partial charge is 0.180 e. The van der Waals surface area contributed by atoms with Crippen LogP contribution in [0.1, 0.15) is 36.1 Å². The molecule has 55 heavy (non-hydrogen) atoms. The Bertz CT molecular complexity index is 2720. The van der Waals surface area contributed by atoms with E-state index in [9.17, 15) is 0 Å². The Hall–Kier alpha value is -6.22. The zero-order chi connectivity index (χ0) is 37.3. The number of aryl methyl sites for hydroxylation is 2. The summed E-state index contributed by atoms with van der Waals surface area (Å²) in [7, 11) is -2.71. The molecule has 0 unspecified atom stereocenters. The van der Waals surface area contributed by atoms with E-state index in [1.807, 2.05) is 0 Å². The Morgan fingerprint density at radius 1 is 0.418 bits per heavy atom. The van der Waals surface area contributed by atoms with Gasteiger partial charge in [0.05, 0.1) is 0 Å². The van der Waals surface area contributed by atoms with Gasteiger partial charge in [-0.05, 0) is 127 Å². The van der Waals surface area contributed by atoms with Crippen LogP contribution in [-0.4, -0.2) is 8.07 Å². The van der Waals surface area contributed by atoms with Gasteiger partial charge in [-0.3, -0.25) is 0 Å². The highest BCUT2D eigenvalue weighted by atomic mass is 28.3. The molecule has 1 aliphatic heterocycles. The lowest BCUT2D eigenvalue weighted by molar-refractivity contribution is 0.660. The van der Waals surface area contributed by atoms with Gasteiger partial charge in [-0.25, -0.2) is 0 Å². The first kappa shape index (κ1) is 33.4. The lowest BCUT2D eigenvalue weighted by Crippen LogP contribution is -2.72. The second-order valence-electron chi connectivity index (χ2n) is 15.9. The maximum absolute atomic E-state index is 2.71. The molecule has 1 aliphatic carbocycles. The van der Waals surface area contributed by atoms with Gasteiger partial charge in [0.25, 0.3) is 0 Å². The van der Waals surface area contributed by atoms with Crippen LogP contribution in [0.4, 0.5) is 17.1 Å². The molecule has 0 spiro atoms. The molecule has 0 amide bonds. The second-order valence-corrected chi connectivity index (χ2v) is 19.6. The summed E-state index contributed by atoms with van der Waals surface area (Å²) in [5.41, 5.74) is 16.6. The minimum Gasteiger partial charge on any atom is -0.310 e. The van der Waals surface area contributed by atoms with E-state index in [0.717, 1.165) is 0 Å². The summed E-state index contributed by atoms with van der Waals surface area (Å²) < 4.78 is 0. The van der Waals surface area contributed by atoms with Gasteiger partial charge in [-0.15, -0.1) is 0 Å². The van der Waals surface area contributed by atoms with E-state index in [0.29, 0.717) is 0 Å². The first-order valence-electron chi connectivity index (χ1n) is 19.4. The maximum Gasteiger partial charge on any atom is 0.180 e. The molecule has 0 bridgehead atoms. The molecule has 2 heteroatoms. The zero-order valence-corrected chi connectivity index (χ0v) is 32.8. The van der Waals surface area contributed by atoms with Crippen molar-refractivity contribution in [2.75, 3.05) is 4.90 Å². The Balaban J connectivity index is 1.23. The number of hydrogen-bond acceptors (Lipinski definition) is 1. The highest BCUT2D eigenvalue weighted by molar-refractivity contribution is 7.22. The van der Waals surface area contributed by atoms with Crippen LogP contribution in [0, 0.1) is 13.8 Å². The molecule has 2 aliphatic rings. The van der Waals surface area contributed by atoms with Gasteiger partial charge in [0.2, 0.25) is 0 Å². The van der Waals surface area contributed by atoms with Gasteiger partial charge in [0.15, 0.2) is 8.07 Å². The minimum absolute atomic E-state index is 0.112. The van der Waals surface area contributed by atoms with Crippen LogP contribution in [0.25, 0.3) is 33.4 Å². The number of benzene rings is 8. The van der Waals surface area contributed by atoms with Crippen molar-refractivity contribution < 1.29 is 0 Å². The fourth-order valence-corrected chi connectivity index (χ4v) is 15.1. The van der Waals surface area contributed by atoms with E-state index in [1.165, 1.54) is 93.4 Å².